The van der Waals surface area contributed by atoms with Crippen molar-refractivity contribution in [3.63, 3.8) is 0 Å². The molecule has 0 aromatic rings. The lowest BCUT2D eigenvalue weighted by atomic mass is 10.2. The van der Waals surface area contributed by atoms with Gasteiger partial charge in [0.05, 0.1) is 13.2 Å². The molecule has 0 spiro atoms. The number of hydrogen-bond acceptors (Lipinski definition) is 4. The predicted octanol–water partition coefficient (Wildman–Crippen LogP) is 1.78. The Morgan fingerprint density at radius 2 is 1.12 bits per heavy atom. The molecule has 0 N–H and O–H groups in total. The average Bonchev–Trinajstić information content (AvgIpc) is 2.86. The summed E-state index contributed by atoms with van der Waals surface area (Å²) in [6.07, 6.45) is -0.134. The monoisotopic (exact) mass is 230 g/mol. The normalized spacial score (nSPS) is 40.1. The van der Waals surface area contributed by atoms with Crippen molar-refractivity contribution >= 4 is 0 Å². The van der Waals surface area contributed by atoms with Gasteiger partial charge in [-0.25, -0.2) is 0 Å². The molecule has 0 aliphatic carbocycles. The summed E-state index contributed by atoms with van der Waals surface area (Å²) < 4.78 is 22.8. The minimum Gasteiger partial charge on any atom is -0.350 e. The number of hydrogen-bond donors (Lipinski definition) is 0. The second-order valence-electron chi connectivity index (χ2n) is 5.24. The van der Waals surface area contributed by atoms with Crippen LogP contribution in [-0.4, -0.2) is 38.0 Å². The lowest BCUT2D eigenvalue weighted by molar-refractivity contribution is -0.128. The Labute approximate surface area is 97.2 Å². The first-order chi connectivity index (χ1) is 7.58. The molecule has 0 saturated carbocycles. The zero-order valence-electron chi connectivity index (χ0n) is 10.5. The molecule has 0 amide bonds. The van der Waals surface area contributed by atoms with Gasteiger partial charge in [0.25, 0.3) is 0 Å². The Bertz CT molecular complexity index is 205. The zero-order chi connectivity index (χ0) is 11.7. The van der Waals surface area contributed by atoms with E-state index in [0.717, 1.165) is 0 Å². The summed E-state index contributed by atoms with van der Waals surface area (Å²) >= 11 is 0. The van der Waals surface area contributed by atoms with Crippen molar-refractivity contribution in [2.75, 3.05) is 13.2 Å². The largest absolute Gasteiger partial charge is 0.350 e. The molecule has 0 aromatic carbocycles. The van der Waals surface area contributed by atoms with Crippen LogP contribution < -0.4 is 0 Å². The van der Waals surface area contributed by atoms with Crippen LogP contribution in [0.1, 0.15) is 27.7 Å². The minimum absolute atomic E-state index is 0.0242. The third-order valence-corrected chi connectivity index (χ3v) is 2.97. The molecule has 2 aliphatic heterocycles. The first-order valence-electron chi connectivity index (χ1n) is 6.12. The highest BCUT2D eigenvalue weighted by Gasteiger charge is 2.40. The molecular formula is C12H22O4. The van der Waals surface area contributed by atoms with Gasteiger partial charge in [-0.3, -0.25) is 0 Å². The third-order valence-electron chi connectivity index (χ3n) is 2.97. The van der Waals surface area contributed by atoms with Crippen LogP contribution in [-0.2, 0) is 18.9 Å². The van der Waals surface area contributed by atoms with Crippen molar-refractivity contribution in [2.24, 2.45) is 11.8 Å². The van der Waals surface area contributed by atoms with Crippen molar-refractivity contribution in [1.82, 2.24) is 0 Å². The van der Waals surface area contributed by atoms with E-state index in [1.54, 1.807) is 0 Å². The molecule has 2 rings (SSSR count). The van der Waals surface area contributed by atoms with Gasteiger partial charge in [0.15, 0.2) is 12.6 Å². The fourth-order valence-electron chi connectivity index (χ4n) is 1.97. The van der Waals surface area contributed by atoms with E-state index in [1.165, 1.54) is 0 Å². The lowest BCUT2D eigenvalue weighted by Crippen LogP contribution is -2.32. The molecular weight excluding hydrogens is 208 g/mol. The van der Waals surface area contributed by atoms with Crippen molar-refractivity contribution in [3.8, 4) is 0 Å². The van der Waals surface area contributed by atoms with Gasteiger partial charge in [-0.1, -0.05) is 27.7 Å². The molecule has 2 aliphatic rings. The van der Waals surface area contributed by atoms with E-state index in [9.17, 15) is 0 Å². The lowest BCUT2D eigenvalue weighted by Gasteiger charge is -2.19. The van der Waals surface area contributed by atoms with Crippen LogP contribution in [0.2, 0.25) is 0 Å². The molecule has 4 unspecified atom stereocenters. The second kappa shape index (κ2) is 5.00. The maximum Gasteiger partial charge on any atom is 0.160 e. The van der Waals surface area contributed by atoms with Gasteiger partial charge in [0.2, 0.25) is 0 Å². The highest BCUT2D eigenvalue weighted by atomic mass is 16.8. The minimum atomic E-state index is -0.0910. The number of ether oxygens (including phenoxy) is 4. The van der Waals surface area contributed by atoms with Gasteiger partial charge in [-0.2, -0.15) is 0 Å². The van der Waals surface area contributed by atoms with Crippen LogP contribution in [0.3, 0.4) is 0 Å². The fourth-order valence-corrected chi connectivity index (χ4v) is 1.97. The number of rotatable bonds is 3. The van der Waals surface area contributed by atoms with Gasteiger partial charge in [-0.15, -0.1) is 0 Å². The Morgan fingerprint density at radius 1 is 0.750 bits per heavy atom. The topological polar surface area (TPSA) is 36.9 Å². The van der Waals surface area contributed by atoms with Gasteiger partial charge in [-0.05, 0) is 0 Å². The van der Waals surface area contributed by atoms with Gasteiger partial charge in [0, 0.05) is 11.8 Å². The molecule has 4 heteroatoms. The quantitative estimate of drug-likeness (QED) is 0.740. The summed E-state index contributed by atoms with van der Waals surface area (Å²) in [6.45, 7) is 9.60. The molecule has 2 saturated heterocycles. The van der Waals surface area contributed by atoms with Crippen LogP contribution >= 0.6 is 0 Å². The molecule has 0 aromatic heterocycles. The smallest absolute Gasteiger partial charge is 0.160 e. The van der Waals surface area contributed by atoms with Crippen molar-refractivity contribution < 1.29 is 18.9 Å². The Kier molecular flexibility index (Phi) is 3.85. The van der Waals surface area contributed by atoms with Crippen LogP contribution in [0, 0.1) is 11.8 Å². The van der Waals surface area contributed by atoms with Crippen molar-refractivity contribution in [2.45, 2.75) is 52.5 Å². The predicted molar refractivity (Wildman–Crippen MR) is 58.9 cm³/mol. The van der Waals surface area contributed by atoms with E-state index in [4.69, 9.17) is 18.9 Å². The van der Waals surface area contributed by atoms with E-state index in [-0.39, 0.29) is 24.8 Å². The first-order valence-corrected chi connectivity index (χ1v) is 6.12. The molecule has 0 radical (unpaired) electrons. The highest BCUT2D eigenvalue weighted by Crippen LogP contribution is 2.27. The molecule has 0 bridgehead atoms. The van der Waals surface area contributed by atoms with Crippen LogP contribution in [0.5, 0.6) is 0 Å². The highest BCUT2D eigenvalue weighted by molar-refractivity contribution is 4.80. The van der Waals surface area contributed by atoms with E-state index in [2.05, 4.69) is 27.7 Å². The van der Waals surface area contributed by atoms with Gasteiger partial charge in [0.1, 0.15) is 12.2 Å². The summed E-state index contributed by atoms with van der Waals surface area (Å²) in [5.41, 5.74) is 0. The first kappa shape index (κ1) is 12.3. The summed E-state index contributed by atoms with van der Waals surface area (Å²) in [7, 11) is 0. The molecule has 94 valence electrons. The Balaban J connectivity index is 1.82. The molecule has 4 atom stereocenters. The molecule has 16 heavy (non-hydrogen) atoms. The summed E-state index contributed by atoms with van der Waals surface area (Å²) in [5.74, 6) is 0.765. The molecule has 2 heterocycles. The third kappa shape index (κ3) is 2.56. The van der Waals surface area contributed by atoms with E-state index < -0.39 is 0 Å². The average molecular weight is 230 g/mol. The van der Waals surface area contributed by atoms with Crippen LogP contribution in [0.15, 0.2) is 0 Å². The fraction of sp³-hybridized carbons (Fsp3) is 1.00. The standard InChI is InChI=1S/C12H22O4/c1-7(2)11-13-5-9(15-11)10-6-14-12(16-10)8(3)4/h7-12H,5-6H2,1-4H3. The zero-order valence-corrected chi connectivity index (χ0v) is 10.5. The second-order valence-corrected chi connectivity index (χ2v) is 5.24. The van der Waals surface area contributed by atoms with Crippen molar-refractivity contribution in [3.05, 3.63) is 0 Å². The Hall–Kier alpha value is -0.160. The summed E-state index contributed by atoms with van der Waals surface area (Å²) in [6, 6.07) is 0. The van der Waals surface area contributed by atoms with Crippen LogP contribution in [0.4, 0.5) is 0 Å². The van der Waals surface area contributed by atoms with E-state index in [0.29, 0.717) is 25.0 Å². The maximum atomic E-state index is 5.81. The maximum absolute atomic E-state index is 5.81. The van der Waals surface area contributed by atoms with Gasteiger partial charge < -0.3 is 18.9 Å². The molecule has 4 nitrogen and oxygen atoms in total. The van der Waals surface area contributed by atoms with Gasteiger partial charge >= 0.3 is 0 Å². The van der Waals surface area contributed by atoms with Crippen molar-refractivity contribution in [1.29, 1.82) is 0 Å². The SMILES string of the molecule is CC(C)C1OCC(C2COC(C(C)C)O2)O1. The van der Waals surface area contributed by atoms with Crippen LogP contribution in [0.25, 0.3) is 0 Å². The Morgan fingerprint density at radius 3 is 1.38 bits per heavy atom. The summed E-state index contributed by atoms with van der Waals surface area (Å²) in [4.78, 5) is 0. The molecule has 2 fully saturated rings. The van der Waals surface area contributed by atoms with E-state index >= 15 is 0 Å². The van der Waals surface area contributed by atoms with E-state index in [1.807, 2.05) is 0 Å². The summed E-state index contributed by atoms with van der Waals surface area (Å²) in [5, 5.41) is 0.